The Hall–Kier alpha value is -1.79. The predicted octanol–water partition coefficient (Wildman–Crippen LogP) is 0.210. The van der Waals surface area contributed by atoms with Crippen molar-refractivity contribution in [2.24, 2.45) is 5.73 Å². The van der Waals surface area contributed by atoms with E-state index >= 15 is 0 Å². The smallest absolute Gasteiger partial charge is 0.245 e. The summed E-state index contributed by atoms with van der Waals surface area (Å²) in [6.07, 6.45) is 0. The van der Waals surface area contributed by atoms with Crippen LogP contribution in [0.25, 0.3) is 0 Å². The lowest BCUT2D eigenvalue weighted by Crippen LogP contribution is -2.24. The summed E-state index contributed by atoms with van der Waals surface area (Å²) < 4.78 is 10.2. The van der Waals surface area contributed by atoms with Crippen molar-refractivity contribution in [2.75, 3.05) is 20.8 Å². The predicted molar refractivity (Wildman–Crippen MR) is 61.5 cm³/mol. The molecule has 0 aliphatic heterocycles. The average Bonchev–Trinajstić information content (AvgIpc) is 2.34. The third-order valence-electron chi connectivity index (χ3n) is 2.00. The molecule has 0 heterocycles. The van der Waals surface area contributed by atoms with Crippen molar-refractivity contribution in [3.63, 3.8) is 0 Å². The first-order valence-electron chi connectivity index (χ1n) is 5.00. The van der Waals surface area contributed by atoms with Gasteiger partial charge in [-0.3, -0.25) is 9.63 Å². The molecular formula is C11H16N2O4. The molecule has 0 radical (unpaired) electrons. The van der Waals surface area contributed by atoms with E-state index in [0.717, 1.165) is 5.56 Å². The van der Waals surface area contributed by atoms with Crippen molar-refractivity contribution in [3.05, 3.63) is 23.8 Å². The van der Waals surface area contributed by atoms with Crippen LogP contribution in [0.4, 0.5) is 0 Å². The second kappa shape index (κ2) is 6.72. The fraction of sp³-hybridized carbons (Fsp3) is 0.364. The van der Waals surface area contributed by atoms with E-state index in [9.17, 15) is 4.79 Å². The normalized spacial score (nSPS) is 10.0. The molecule has 17 heavy (non-hydrogen) atoms. The number of nitrogens with one attached hydrogen (secondary N) is 1. The summed E-state index contributed by atoms with van der Waals surface area (Å²) >= 11 is 0. The molecule has 0 saturated carbocycles. The molecule has 0 unspecified atom stereocenters. The van der Waals surface area contributed by atoms with E-state index in [1.807, 2.05) is 12.1 Å². The van der Waals surface area contributed by atoms with E-state index in [1.54, 1.807) is 20.3 Å². The third-order valence-corrected chi connectivity index (χ3v) is 2.00. The first-order valence-corrected chi connectivity index (χ1v) is 5.00. The number of hydrogen-bond acceptors (Lipinski definition) is 5. The lowest BCUT2D eigenvalue weighted by Gasteiger charge is -2.09. The maximum Gasteiger partial charge on any atom is 0.245 e. The second-order valence-electron chi connectivity index (χ2n) is 3.30. The summed E-state index contributed by atoms with van der Waals surface area (Å²) in [6, 6.07) is 5.44. The SMILES string of the molecule is COc1cc(CNOCC(N)=O)cc(OC)c1. The van der Waals surface area contributed by atoms with Gasteiger partial charge in [-0.15, -0.1) is 0 Å². The zero-order valence-electron chi connectivity index (χ0n) is 9.86. The summed E-state index contributed by atoms with van der Waals surface area (Å²) in [6.45, 7) is 0.252. The molecule has 1 amide bonds. The van der Waals surface area contributed by atoms with Gasteiger partial charge in [0.05, 0.1) is 14.2 Å². The highest BCUT2D eigenvalue weighted by Gasteiger charge is 2.02. The lowest BCUT2D eigenvalue weighted by atomic mass is 10.2. The van der Waals surface area contributed by atoms with E-state index in [0.29, 0.717) is 18.0 Å². The highest BCUT2D eigenvalue weighted by Crippen LogP contribution is 2.22. The highest BCUT2D eigenvalue weighted by atomic mass is 16.6. The summed E-state index contributed by atoms with van der Waals surface area (Å²) in [4.78, 5) is 15.3. The van der Waals surface area contributed by atoms with Crippen LogP contribution in [-0.2, 0) is 16.2 Å². The molecule has 0 aliphatic carbocycles. The molecule has 1 aromatic rings. The van der Waals surface area contributed by atoms with Crippen molar-refractivity contribution in [3.8, 4) is 11.5 Å². The zero-order valence-corrected chi connectivity index (χ0v) is 9.86. The van der Waals surface area contributed by atoms with Crippen LogP contribution < -0.4 is 20.7 Å². The number of benzene rings is 1. The third kappa shape index (κ3) is 4.71. The van der Waals surface area contributed by atoms with Crippen LogP contribution in [-0.4, -0.2) is 26.7 Å². The molecule has 0 spiro atoms. The Morgan fingerprint density at radius 1 is 1.24 bits per heavy atom. The van der Waals surface area contributed by atoms with Gasteiger partial charge in [-0.25, -0.2) is 0 Å². The first-order chi connectivity index (χ1) is 8.15. The number of ether oxygens (including phenoxy) is 2. The number of rotatable bonds is 7. The maximum absolute atomic E-state index is 10.4. The van der Waals surface area contributed by atoms with Crippen molar-refractivity contribution in [1.82, 2.24) is 5.48 Å². The van der Waals surface area contributed by atoms with Gasteiger partial charge in [-0.1, -0.05) is 0 Å². The van der Waals surface area contributed by atoms with Crippen molar-refractivity contribution >= 4 is 5.91 Å². The van der Waals surface area contributed by atoms with E-state index in [2.05, 4.69) is 5.48 Å². The number of nitrogens with two attached hydrogens (primary N) is 1. The van der Waals surface area contributed by atoms with Crippen LogP contribution in [0.3, 0.4) is 0 Å². The quantitative estimate of drug-likeness (QED) is 0.526. The fourth-order valence-electron chi connectivity index (χ4n) is 1.22. The Labute approximate surface area is 99.6 Å². The minimum absolute atomic E-state index is 0.166. The minimum Gasteiger partial charge on any atom is -0.497 e. The molecule has 3 N–H and O–H groups in total. The van der Waals surface area contributed by atoms with Gasteiger partial charge in [0, 0.05) is 12.6 Å². The number of hydroxylamine groups is 1. The molecule has 0 atom stereocenters. The number of primary amides is 1. The molecule has 1 aromatic carbocycles. The average molecular weight is 240 g/mol. The van der Waals surface area contributed by atoms with Gasteiger partial charge in [0.2, 0.25) is 5.91 Å². The Bertz CT molecular complexity index is 359. The van der Waals surface area contributed by atoms with E-state index in [1.165, 1.54) is 0 Å². The molecule has 6 heteroatoms. The molecule has 0 saturated heterocycles. The van der Waals surface area contributed by atoms with Crippen LogP contribution in [0.1, 0.15) is 5.56 Å². The van der Waals surface area contributed by atoms with Crippen LogP contribution in [0, 0.1) is 0 Å². The van der Waals surface area contributed by atoms with Gasteiger partial charge in [-0.05, 0) is 17.7 Å². The van der Waals surface area contributed by atoms with Crippen LogP contribution in [0.15, 0.2) is 18.2 Å². The number of methoxy groups -OCH3 is 2. The molecule has 0 aromatic heterocycles. The summed E-state index contributed by atoms with van der Waals surface area (Å²) in [5.74, 6) is 0.854. The van der Waals surface area contributed by atoms with Gasteiger partial charge in [0.1, 0.15) is 18.1 Å². The van der Waals surface area contributed by atoms with Gasteiger partial charge in [-0.2, -0.15) is 5.48 Å². The topological polar surface area (TPSA) is 82.8 Å². The van der Waals surface area contributed by atoms with Gasteiger partial charge >= 0.3 is 0 Å². The Morgan fingerprint density at radius 3 is 2.29 bits per heavy atom. The Morgan fingerprint density at radius 2 is 1.82 bits per heavy atom. The van der Waals surface area contributed by atoms with E-state index in [4.69, 9.17) is 20.0 Å². The fourth-order valence-corrected chi connectivity index (χ4v) is 1.22. The van der Waals surface area contributed by atoms with Crippen LogP contribution >= 0.6 is 0 Å². The van der Waals surface area contributed by atoms with Gasteiger partial charge in [0.15, 0.2) is 0 Å². The Kier molecular flexibility index (Phi) is 5.25. The minimum atomic E-state index is -0.527. The number of amides is 1. The molecule has 0 aliphatic rings. The molecule has 94 valence electrons. The van der Waals surface area contributed by atoms with Crippen LogP contribution in [0.5, 0.6) is 11.5 Å². The van der Waals surface area contributed by atoms with Gasteiger partial charge < -0.3 is 15.2 Å². The molecule has 1 rings (SSSR count). The monoisotopic (exact) mass is 240 g/mol. The van der Waals surface area contributed by atoms with Gasteiger partial charge in [0.25, 0.3) is 0 Å². The zero-order chi connectivity index (χ0) is 12.7. The summed E-state index contributed by atoms with van der Waals surface area (Å²) in [7, 11) is 3.16. The molecular weight excluding hydrogens is 224 g/mol. The second-order valence-corrected chi connectivity index (χ2v) is 3.30. The maximum atomic E-state index is 10.4. The summed E-state index contributed by atoms with van der Waals surface area (Å²) in [5.41, 5.74) is 8.45. The lowest BCUT2D eigenvalue weighted by molar-refractivity contribution is -0.125. The van der Waals surface area contributed by atoms with E-state index < -0.39 is 5.91 Å². The number of carbonyl (C=O) groups excluding carboxylic acids is 1. The standard InChI is InChI=1S/C11H16N2O4/c1-15-9-3-8(4-10(5-9)16-2)6-13-17-7-11(12)14/h3-5,13H,6-7H2,1-2H3,(H2,12,14). The van der Waals surface area contributed by atoms with E-state index in [-0.39, 0.29) is 6.61 Å². The Balaban J connectivity index is 2.54. The largest absolute Gasteiger partial charge is 0.497 e. The molecule has 0 bridgehead atoms. The molecule has 0 fully saturated rings. The summed E-state index contributed by atoms with van der Waals surface area (Å²) in [5, 5.41) is 0. The highest BCUT2D eigenvalue weighted by molar-refractivity contribution is 5.74. The van der Waals surface area contributed by atoms with Crippen LogP contribution in [0.2, 0.25) is 0 Å². The number of hydrogen-bond donors (Lipinski definition) is 2. The molecule has 6 nitrogen and oxygen atoms in total. The first kappa shape index (κ1) is 13.3. The van der Waals surface area contributed by atoms with Crippen molar-refractivity contribution in [1.29, 1.82) is 0 Å². The number of carbonyl (C=O) groups is 1. The van der Waals surface area contributed by atoms with Crippen molar-refractivity contribution < 1.29 is 19.1 Å². The van der Waals surface area contributed by atoms with Crippen molar-refractivity contribution in [2.45, 2.75) is 6.54 Å².